The van der Waals surface area contributed by atoms with Crippen LogP contribution in [0.4, 0.5) is 0 Å². The summed E-state index contributed by atoms with van der Waals surface area (Å²) in [5, 5.41) is 14.9. The molecule has 2 aromatic heterocycles. The summed E-state index contributed by atoms with van der Waals surface area (Å²) in [5.41, 5.74) is 4.98. The molecule has 0 aliphatic carbocycles. The number of aliphatic carboxylic acids is 1. The molecule has 8 heteroatoms. The van der Waals surface area contributed by atoms with Gasteiger partial charge in [0.05, 0.1) is 5.41 Å². The number of hydrogen-bond acceptors (Lipinski definition) is 6. The molecule has 1 N–H and O–H groups in total. The molecule has 1 aliphatic rings. The van der Waals surface area contributed by atoms with Crippen molar-refractivity contribution in [3.8, 4) is 34.0 Å². The number of rotatable bonds is 8. The van der Waals surface area contributed by atoms with Crippen molar-refractivity contribution in [2.45, 2.75) is 25.8 Å². The molecule has 0 spiro atoms. The van der Waals surface area contributed by atoms with Crippen LogP contribution in [0.3, 0.4) is 0 Å². The zero-order chi connectivity index (χ0) is 28.2. The van der Waals surface area contributed by atoms with Gasteiger partial charge in [0.2, 0.25) is 5.82 Å². The van der Waals surface area contributed by atoms with Crippen molar-refractivity contribution in [1.29, 1.82) is 0 Å². The van der Waals surface area contributed by atoms with E-state index < -0.39 is 11.4 Å². The van der Waals surface area contributed by atoms with E-state index >= 15 is 0 Å². The molecule has 1 saturated heterocycles. The maximum atomic E-state index is 12.2. The Balaban J connectivity index is 1.09. The molecule has 41 heavy (non-hydrogen) atoms. The number of carboxylic acids is 1. The van der Waals surface area contributed by atoms with E-state index in [0.29, 0.717) is 36.0 Å². The highest BCUT2D eigenvalue weighted by molar-refractivity contribution is 6.33. The van der Waals surface area contributed by atoms with E-state index in [-0.39, 0.29) is 0 Å². The van der Waals surface area contributed by atoms with Crippen LogP contribution in [0.2, 0.25) is 5.02 Å². The van der Waals surface area contributed by atoms with Crippen molar-refractivity contribution in [2.75, 3.05) is 13.1 Å². The third-order valence-corrected chi connectivity index (χ3v) is 8.19. The van der Waals surface area contributed by atoms with Crippen molar-refractivity contribution in [1.82, 2.24) is 20.0 Å². The first-order valence-corrected chi connectivity index (χ1v) is 14.0. The van der Waals surface area contributed by atoms with Crippen LogP contribution in [-0.2, 0) is 17.8 Å². The molecule has 7 nitrogen and oxygen atoms in total. The average Bonchev–Trinajstić information content (AvgIpc) is 3.50. The maximum absolute atomic E-state index is 12.2. The lowest BCUT2D eigenvalue weighted by atomic mass is 9.74. The number of nitrogens with zero attached hydrogens (tertiary/aromatic N) is 4. The van der Waals surface area contributed by atoms with Gasteiger partial charge in [-0.05, 0) is 67.2 Å². The Hall–Kier alpha value is -4.33. The summed E-state index contributed by atoms with van der Waals surface area (Å²) in [5.74, 6) is 0.195. The van der Waals surface area contributed by atoms with Crippen LogP contribution < -0.4 is 0 Å². The first-order valence-electron chi connectivity index (χ1n) is 13.6. The Morgan fingerprint density at radius 3 is 2.34 bits per heavy atom. The van der Waals surface area contributed by atoms with Crippen LogP contribution in [0, 0.1) is 5.41 Å². The zero-order valence-electron chi connectivity index (χ0n) is 22.4. The molecule has 206 valence electrons. The number of piperidine rings is 1. The molecule has 6 rings (SSSR count). The number of halogens is 1. The molecular formula is C33H29ClN4O3. The maximum Gasteiger partial charge on any atom is 0.310 e. The third-order valence-electron chi connectivity index (χ3n) is 7.88. The van der Waals surface area contributed by atoms with Gasteiger partial charge in [-0.25, -0.2) is 0 Å². The standard InChI is InChI=1S/C33H29ClN4O3/c34-29-19-27(12-13-28(29)25-6-2-1-3-7-25)31-36-30(37-41-31)26-10-8-23(9-11-26)22-38-17-14-33(15-18-38,32(39)40)20-24-5-4-16-35-21-24/h1-13,16,19,21H,14-15,17-18,20,22H2,(H,39,40). The van der Waals surface area contributed by atoms with E-state index in [1.54, 1.807) is 12.4 Å². The molecule has 0 bridgehead atoms. The van der Waals surface area contributed by atoms with Crippen molar-refractivity contribution < 1.29 is 14.4 Å². The van der Waals surface area contributed by atoms with Crippen LogP contribution in [0.15, 0.2) is 102 Å². The van der Waals surface area contributed by atoms with Gasteiger partial charge in [0.15, 0.2) is 0 Å². The van der Waals surface area contributed by atoms with Gasteiger partial charge in [0.25, 0.3) is 5.89 Å². The van der Waals surface area contributed by atoms with E-state index in [1.807, 2.05) is 72.8 Å². The monoisotopic (exact) mass is 564 g/mol. The summed E-state index contributed by atoms with van der Waals surface area (Å²) in [6.45, 7) is 2.22. The van der Waals surface area contributed by atoms with Crippen LogP contribution in [0.25, 0.3) is 34.0 Å². The number of carbonyl (C=O) groups is 1. The van der Waals surface area contributed by atoms with E-state index in [9.17, 15) is 9.90 Å². The SMILES string of the molecule is O=C(O)C1(Cc2cccnc2)CCN(Cc2ccc(-c3noc(-c4ccc(-c5ccccc5)c(Cl)c4)n3)cc2)CC1. The van der Waals surface area contributed by atoms with Crippen LogP contribution in [0.5, 0.6) is 0 Å². The van der Waals surface area contributed by atoms with Crippen molar-refractivity contribution >= 4 is 17.6 Å². The summed E-state index contributed by atoms with van der Waals surface area (Å²) in [7, 11) is 0. The highest BCUT2D eigenvalue weighted by atomic mass is 35.5. The molecule has 3 heterocycles. The zero-order valence-corrected chi connectivity index (χ0v) is 23.2. The Morgan fingerprint density at radius 1 is 0.902 bits per heavy atom. The Morgan fingerprint density at radius 2 is 1.66 bits per heavy atom. The number of benzene rings is 3. The second-order valence-electron chi connectivity index (χ2n) is 10.6. The van der Waals surface area contributed by atoms with Crippen LogP contribution >= 0.6 is 11.6 Å². The van der Waals surface area contributed by atoms with Gasteiger partial charge in [0, 0.05) is 40.7 Å². The first kappa shape index (κ1) is 26.9. The molecule has 1 aliphatic heterocycles. The molecule has 0 unspecified atom stereocenters. The summed E-state index contributed by atoms with van der Waals surface area (Å²) >= 11 is 6.58. The van der Waals surface area contributed by atoms with E-state index in [4.69, 9.17) is 16.1 Å². The number of likely N-dealkylation sites (tertiary alicyclic amines) is 1. The highest BCUT2D eigenvalue weighted by Gasteiger charge is 2.41. The highest BCUT2D eigenvalue weighted by Crippen LogP contribution is 2.36. The molecule has 0 amide bonds. The topological polar surface area (TPSA) is 92.3 Å². The number of hydrogen-bond donors (Lipinski definition) is 1. The molecule has 0 radical (unpaired) electrons. The smallest absolute Gasteiger partial charge is 0.310 e. The Kier molecular flexibility index (Phi) is 7.63. The lowest BCUT2D eigenvalue weighted by Crippen LogP contribution is -2.45. The number of pyridine rings is 1. The third kappa shape index (κ3) is 5.92. The summed E-state index contributed by atoms with van der Waals surface area (Å²) in [6, 6.07) is 27.6. The Labute approximate surface area is 243 Å². The van der Waals surface area contributed by atoms with Crippen molar-refractivity contribution in [2.24, 2.45) is 5.41 Å². The summed E-state index contributed by atoms with van der Waals surface area (Å²) < 4.78 is 5.56. The second-order valence-corrected chi connectivity index (χ2v) is 11.0. The fraction of sp³-hybridized carbons (Fsp3) is 0.212. The summed E-state index contributed by atoms with van der Waals surface area (Å²) in [6.07, 6.45) is 5.20. The normalized spacial score (nSPS) is 15.0. The lowest BCUT2D eigenvalue weighted by molar-refractivity contribution is -0.152. The number of carboxylic acid groups (broad SMARTS) is 1. The molecule has 3 aromatic carbocycles. The van der Waals surface area contributed by atoms with Gasteiger partial charge in [-0.15, -0.1) is 0 Å². The first-order chi connectivity index (χ1) is 20.0. The van der Waals surface area contributed by atoms with Gasteiger partial charge in [-0.1, -0.05) is 83.5 Å². The number of aromatic nitrogens is 3. The molecule has 5 aromatic rings. The van der Waals surface area contributed by atoms with Crippen LogP contribution in [0.1, 0.15) is 24.0 Å². The molecule has 0 atom stereocenters. The fourth-order valence-corrected chi connectivity index (χ4v) is 5.76. The Bertz CT molecular complexity index is 1630. The van der Waals surface area contributed by atoms with Gasteiger partial charge in [-0.2, -0.15) is 4.98 Å². The lowest BCUT2D eigenvalue weighted by Gasteiger charge is -2.39. The van der Waals surface area contributed by atoms with Gasteiger partial charge in [-0.3, -0.25) is 14.7 Å². The van der Waals surface area contributed by atoms with Crippen molar-refractivity contribution in [3.63, 3.8) is 0 Å². The fourth-order valence-electron chi connectivity index (χ4n) is 5.47. The largest absolute Gasteiger partial charge is 0.481 e. The quantitative estimate of drug-likeness (QED) is 0.216. The van der Waals surface area contributed by atoms with Gasteiger partial charge in [0.1, 0.15) is 0 Å². The van der Waals surface area contributed by atoms with Gasteiger partial charge < -0.3 is 9.63 Å². The minimum Gasteiger partial charge on any atom is -0.481 e. The van der Waals surface area contributed by atoms with Crippen LogP contribution in [-0.4, -0.2) is 44.2 Å². The minimum atomic E-state index is -0.744. The van der Waals surface area contributed by atoms with Crippen molar-refractivity contribution in [3.05, 3.63) is 113 Å². The molecular weight excluding hydrogens is 536 g/mol. The second kappa shape index (κ2) is 11.6. The molecule has 1 fully saturated rings. The van der Waals surface area contributed by atoms with E-state index in [2.05, 4.69) is 32.2 Å². The van der Waals surface area contributed by atoms with E-state index in [0.717, 1.165) is 53.0 Å². The summed E-state index contributed by atoms with van der Waals surface area (Å²) in [4.78, 5) is 23.3. The van der Waals surface area contributed by atoms with E-state index in [1.165, 1.54) is 0 Å². The predicted molar refractivity (Wildman–Crippen MR) is 158 cm³/mol. The minimum absolute atomic E-state index is 0.409. The van der Waals surface area contributed by atoms with Gasteiger partial charge >= 0.3 is 5.97 Å². The molecule has 0 saturated carbocycles. The predicted octanol–water partition coefficient (Wildman–Crippen LogP) is 7.03. The average molecular weight is 565 g/mol.